The van der Waals surface area contributed by atoms with Gasteiger partial charge in [-0.05, 0) is 43.3 Å². The topological polar surface area (TPSA) is 102 Å². The van der Waals surface area contributed by atoms with Crippen molar-refractivity contribution < 1.29 is 40.3 Å². The van der Waals surface area contributed by atoms with Crippen molar-refractivity contribution in [2.24, 2.45) is 0 Å². The third-order valence-corrected chi connectivity index (χ3v) is 5.04. The van der Waals surface area contributed by atoms with E-state index < -0.39 is 44.0 Å². The third kappa shape index (κ3) is 5.22. The van der Waals surface area contributed by atoms with Gasteiger partial charge in [0.15, 0.2) is 17.7 Å². The fourth-order valence-corrected chi connectivity index (χ4v) is 2.76. The number of halogens is 4. The number of alkyl halides is 3. The summed E-state index contributed by atoms with van der Waals surface area (Å²) in [6, 6.07) is 8.27. The number of nitrogens with one attached hydrogen (secondary N) is 2. The molecule has 0 spiro atoms. The van der Waals surface area contributed by atoms with Gasteiger partial charge >= 0.3 is 5.51 Å². The fraction of sp³-hybridized carbons (Fsp3) is 0.176. The average molecular weight is 434 g/mol. The van der Waals surface area contributed by atoms with Gasteiger partial charge in [-0.3, -0.25) is 20.4 Å². The first kappa shape index (κ1) is 22.1. The lowest BCUT2D eigenvalue weighted by atomic mass is 10.2. The molecule has 2 rings (SSSR count). The van der Waals surface area contributed by atoms with Gasteiger partial charge in [-0.1, -0.05) is 12.1 Å². The molecular formula is C17H14F4N2O5S. The van der Waals surface area contributed by atoms with Crippen molar-refractivity contribution in [2.75, 3.05) is 0 Å². The summed E-state index contributed by atoms with van der Waals surface area (Å²) < 4.78 is 78.7. The van der Waals surface area contributed by atoms with Gasteiger partial charge in [0.05, 0.1) is 4.90 Å². The van der Waals surface area contributed by atoms with Crippen LogP contribution in [-0.4, -0.2) is 31.8 Å². The molecule has 1 atom stereocenters. The molecule has 7 nitrogen and oxygen atoms in total. The molecule has 0 fully saturated rings. The summed E-state index contributed by atoms with van der Waals surface area (Å²) >= 11 is 0. The zero-order valence-corrected chi connectivity index (χ0v) is 15.5. The van der Waals surface area contributed by atoms with Crippen molar-refractivity contribution >= 4 is 21.7 Å². The van der Waals surface area contributed by atoms with Crippen molar-refractivity contribution in [2.45, 2.75) is 23.4 Å². The van der Waals surface area contributed by atoms with Gasteiger partial charge in [0.1, 0.15) is 0 Å². The number of hydrazine groups is 1. The van der Waals surface area contributed by atoms with Crippen LogP contribution in [0.25, 0.3) is 0 Å². The summed E-state index contributed by atoms with van der Waals surface area (Å²) in [5, 5.41) is 0. The zero-order chi connectivity index (χ0) is 21.8. The Balaban J connectivity index is 1.97. The van der Waals surface area contributed by atoms with Gasteiger partial charge in [0, 0.05) is 5.56 Å². The normalized spacial score (nSPS) is 12.7. The van der Waals surface area contributed by atoms with Crippen molar-refractivity contribution in [3.63, 3.8) is 0 Å². The van der Waals surface area contributed by atoms with Crippen LogP contribution >= 0.6 is 0 Å². The first-order chi connectivity index (χ1) is 13.4. The van der Waals surface area contributed by atoms with Crippen LogP contribution in [0.15, 0.2) is 53.4 Å². The van der Waals surface area contributed by atoms with Crippen LogP contribution in [0, 0.1) is 5.82 Å². The quantitative estimate of drug-likeness (QED) is 0.556. The highest BCUT2D eigenvalue weighted by molar-refractivity contribution is 7.92. The Morgan fingerprint density at radius 3 is 2.14 bits per heavy atom. The molecule has 156 valence electrons. The Morgan fingerprint density at radius 2 is 1.59 bits per heavy atom. The van der Waals surface area contributed by atoms with Crippen LogP contribution in [0.3, 0.4) is 0 Å². The lowest BCUT2D eigenvalue weighted by molar-refractivity contribution is -0.128. The number of sulfone groups is 1. The maximum Gasteiger partial charge on any atom is 0.501 e. The van der Waals surface area contributed by atoms with Gasteiger partial charge < -0.3 is 4.74 Å². The monoisotopic (exact) mass is 434 g/mol. The number of hydrogen-bond donors (Lipinski definition) is 2. The molecule has 0 aliphatic carbocycles. The number of rotatable bonds is 5. The minimum atomic E-state index is -5.54. The Kier molecular flexibility index (Phi) is 6.47. The van der Waals surface area contributed by atoms with E-state index in [0.29, 0.717) is 12.1 Å². The minimum absolute atomic E-state index is 0.178. The molecule has 12 heteroatoms. The zero-order valence-electron chi connectivity index (χ0n) is 14.7. The highest BCUT2D eigenvalue weighted by Gasteiger charge is 2.46. The van der Waals surface area contributed by atoms with Crippen LogP contribution in [0.5, 0.6) is 5.75 Å². The number of amides is 2. The standard InChI is InChI=1S/C17H14F4N2O5S/c1-10(28-14-5-3-2-4-13(14)18)15(24)22-23-16(25)11-6-8-12(9-7-11)29(26,27)17(19,20)21/h2-10H,1H3,(H,22,24)(H,23,25). The molecule has 0 aliphatic heterocycles. The highest BCUT2D eigenvalue weighted by Crippen LogP contribution is 2.30. The molecule has 2 aromatic rings. The fourth-order valence-electron chi connectivity index (χ4n) is 2.00. The van der Waals surface area contributed by atoms with Gasteiger partial charge in [-0.15, -0.1) is 0 Å². The van der Waals surface area contributed by atoms with E-state index in [-0.39, 0.29) is 11.3 Å². The first-order valence-electron chi connectivity index (χ1n) is 7.86. The number of benzene rings is 2. The van der Waals surface area contributed by atoms with Gasteiger partial charge in [-0.2, -0.15) is 13.2 Å². The van der Waals surface area contributed by atoms with Crippen LogP contribution < -0.4 is 15.6 Å². The van der Waals surface area contributed by atoms with E-state index in [1.165, 1.54) is 25.1 Å². The van der Waals surface area contributed by atoms with E-state index >= 15 is 0 Å². The number of hydrogen-bond acceptors (Lipinski definition) is 5. The predicted octanol–water partition coefficient (Wildman–Crippen LogP) is 2.35. The molecular weight excluding hydrogens is 420 g/mol. The molecule has 2 aromatic carbocycles. The summed E-state index contributed by atoms with van der Waals surface area (Å²) in [6.45, 7) is 1.30. The van der Waals surface area contributed by atoms with Crippen LogP contribution in [0.2, 0.25) is 0 Å². The summed E-state index contributed by atoms with van der Waals surface area (Å²) in [4.78, 5) is 22.8. The van der Waals surface area contributed by atoms with E-state index in [4.69, 9.17) is 4.74 Å². The number of ether oxygens (including phenoxy) is 1. The Morgan fingerprint density at radius 1 is 1.00 bits per heavy atom. The third-order valence-electron chi connectivity index (χ3n) is 3.54. The summed E-state index contributed by atoms with van der Waals surface area (Å²) in [5.74, 6) is -2.63. The molecule has 2 N–H and O–H groups in total. The predicted molar refractivity (Wildman–Crippen MR) is 91.8 cm³/mol. The SMILES string of the molecule is CC(Oc1ccccc1F)C(=O)NNC(=O)c1ccc(S(=O)(=O)C(F)(F)F)cc1. The van der Waals surface area contributed by atoms with E-state index in [9.17, 15) is 35.6 Å². The van der Waals surface area contributed by atoms with Gasteiger partial charge in [0.2, 0.25) is 0 Å². The maximum atomic E-state index is 13.5. The second-order valence-corrected chi connectivity index (χ2v) is 7.55. The molecule has 1 unspecified atom stereocenters. The molecule has 0 aromatic heterocycles. The van der Waals surface area contributed by atoms with Crippen molar-refractivity contribution in [1.82, 2.24) is 10.9 Å². The van der Waals surface area contributed by atoms with E-state index in [1.54, 1.807) is 0 Å². The molecule has 0 heterocycles. The number of para-hydroxylation sites is 1. The lowest BCUT2D eigenvalue weighted by Crippen LogP contribution is -2.47. The minimum Gasteiger partial charge on any atom is -0.478 e. The van der Waals surface area contributed by atoms with E-state index in [1.807, 2.05) is 10.9 Å². The second kappa shape index (κ2) is 8.47. The van der Waals surface area contributed by atoms with Crippen molar-refractivity contribution in [3.05, 3.63) is 59.9 Å². The van der Waals surface area contributed by atoms with Crippen LogP contribution in [0.1, 0.15) is 17.3 Å². The molecule has 2 amide bonds. The van der Waals surface area contributed by atoms with Gasteiger partial charge in [-0.25, -0.2) is 12.8 Å². The van der Waals surface area contributed by atoms with E-state index in [0.717, 1.165) is 18.2 Å². The molecule has 0 saturated carbocycles. The van der Waals surface area contributed by atoms with Crippen LogP contribution in [0.4, 0.5) is 17.6 Å². The van der Waals surface area contributed by atoms with E-state index in [2.05, 4.69) is 0 Å². The summed E-state index contributed by atoms with van der Waals surface area (Å²) in [6.07, 6.45) is -1.19. The Labute approximate surface area is 162 Å². The maximum absolute atomic E-state index is 13.5. The van der Waals surface area contributed by atoms with Crippen molar-refractivity contribution in [1.29, 1.82) is 0 Å². The Bertz CT molecular complexity index is 1010. The smallest absolute Gasteiger partial charge is 0.478 e. The average Bonchev–Trinajstić information content (AvgIpc) is 2.66. The molecule has 0 saturated heterocycles. The molecule has 29 heavy (non-hydrogen) atoms. The molecule has 0 aliphatic rings. The molecule has 0 radical (unpaired) electrons. The largest absolute Gasteiger partial charge is 0.501 e. The Hall–Kier alpha value is -3.15. The number of carbonyl (C=O) groups is 2. The lowest BCUT2D eigenvalue weighted by Gasteiger charge is -2.15. The van der Waals surface area contributed by atoms with Crippen LogP contribution in [-0.2, 0) is 14.6 Å². The number of carbonyl (C=O) groups excluding carboxylic acids is 2. The summed E-state index contributed by atoms with van der Waals surface area (Å²) in [5.41, 5.74) is -1.70. The van der Waals surface area contributed by atoms with Gasteiger partial charge in [0.25, 0.3) is 21.7 Å². The molecule has 0 bridgehead atoms. The highest BCUT2D eigenvalue weighted by atomic mass is 32.2. The first-order valence-corrected chi connectivity index (χ1v) is 9.34. The summed E-state index contributed by atoms with van der Waals surface area (Å²) in [7, 11) is -5.54. The second-order valence-electron chi connectivity index (χ2n) is 5.61. The van der Waals surface area contributed by atoms with Crippen molar-refractivity contribution in [3.8, 4) is 5.75 Å².